The number of amides is 1. The Morgan fingerprint density at radius 3 is 2.67 bits per heavy atom. The molecule has 2 aromatic heterocycles. The third kappa shape index (κ3) is 4.67. The molecule has 0 aromatic carbocycles. The Morgan fingerprint density at radius 1 is 1.30 bits per heavy atom. The standard InChI is InChI=1S/C23H26N4O4S2/c1-13-9-14(2)12-25(11-13)20-16(21(30)26-7-4-5-15(3)19(26)24-20)10-17-22(31)27(23(32)33-17)8-6-18(28)29/h4-5,7,10,13-14H,6,8-9,11-12H2,1-3H3,(H,28,29)/b17-10+. The van der Waals surface area contributed by atoms with Crippen molar-refractivity contribution in [3.63, 3.8) is 0 Å². The number of hydrogen-bond donors (Lipinski definition) is 1. The van der Waals surface area contributed by atoms with E-state index in [-0.39, 0.29) is 24.4 Å². The van der Waals surface area contributed by atoms with Crippen molar-refractivity contribution >= 4 is 57.7 Å². The Bertz CT molecular complexity index is 1230. The Morgan fingerprint density at radius 2 is 2.00 bits per heavy atom. The minimum Gasteiger partial charge on any atom is -0.481 e. The number of thiocarbonyl (C=S) groups is 1. The summed E-state index contributed by atoms with van der Waals surface area (Å²) >= 11 is 6.39. The van der Waals surface area contributed by atoms with Crippen LogP contribution in [0.4, 0.5) is 5.82 Å². The van der Waals surface area contributed by atoms with Crippen LogP contribution in [0.1, 0.15) is 37.8 Å². The topological polar surface area (TPSA) is 95.2 Å². The van der Waals surface area contributed by atoms with Gasteiger partial charge in [0.15, 0.2) is 0 Å². The van der Waals surface area contributed by atoms with Crippen LogP contribution in [0, 0.1) is 18.8 Å². The van der Waals surface area contributed by atoms with Crippen molar-refractivity contribution in [3.05, 3.63) is 44.7 Å². The summed E-state index contributed by atoms with van der Waals surface area (Å²) in [6, 6.07) is 3.71. The maximum Gasteiger partial charge on any atom is 0.305 e. The second kappa shape index (κ2) is 9.26. The zero-order chi connectivity index (χ0) is 23.9. The first-order valence-electron chi connectivity index (χ1n) is 10.9. The molecule has 2 unspecified atom stereocenters. The van der Waals surface area contributed by atoms with Gasteiger partial charge < -0.3 is 10.0 Å². The molecule has 1 amide bonds. The van der Waals surface area contributed by atoms with Crippen molar-refractivity contribution in [2.45, 2.75) is 33.6 Å². The smallest absolute Gasteiger partial charge is 0.305 e. The molecule has 2 saturated heterocycles. The van der Waals surface area contributed by atoms with Gasteiger partial charge in [-0.1, -0.05) is 43.9 Å². The molecule has 1 N–H and O–H groups in total. The monoisotopic (exact) mass is 486 g/mol. The predicted molar refractivity (Wildman–Crippen MR) is 133 cm³/mol. The fourth-order valence-electron chi connectivity index (χ4n) is 4.53. The number of aromatic nitrogens is 2. The van der Waals surface area contributed by atoms with E-state index in [1.807, 2.05) is 13.0 Å². The summed E-state index contributed by atoms with van der Waals surface area (Å²) in [5.74, 6) is 0.0896. The molecule has 0 spiro atoms. The Balaban J connectivity index is 1.83. The minimum atomic E-state index is -1.00. The number of carbonyl (C=O) groups is 2. The average molecular weight is 487 g/mol. The number of hydrogen-bond acceptors (Lipinski definition) is 7. The fourth-order valence-corrected chi connectivity index (χ4v) is 5.83. The molecule has 0 radical (unpaired) electrons. The van der Waals surface area contributed by atoms with Crippen molar-refractivity contribution in [3.8, 4) is 0 Å². The number of carboxylic acids is 1. The van der Waals surface area contributed by atoms with E-state index in [1.54, 1.807) is 18.3 Å². The summed E-state index contributed by atoms with van der Waals surface area (Å²) in [5, 5.41) is 8.97. The van der Waals surface area contributed by atoms with Crippen LogP contribution >= 0.6 is 24.0 Å². The molecule has 2 atom stereocenters. The molecule has 2 aromatic rings. The Labute approximate surface area is 201 Å². The molecule has 2 aliphatic rings. The number of aliphatic carboxylic acids is 1. The number of nitrogens with zero attached hydrogens (tertiary/aromatic N) is 4. The highest BCUT2D eigenvalue weighted by Crippen LogP contribution is 2.34. The van der Waals surface area contributed by atoms with E-state index in [4.69, 9.17) is 22.3 Å². The highest BCUT2D eigenvalue weighted by atomic mass is 32.2. The third-order valence-electron chi connectivity index (χ3n) is 5.93. The van der Waals surface area contributed by atoms with E-state index in [2.05, 4.69) is 18.7 Å². The van der Waals surface area contributed by atoms with Crippen LogP contribution in [0.5, 0.6) is 0 Å². The number of rotatable bonds is 5. The summed E-state index contributed by atoms with van der Waals surface area (Å²) in [6.45, 7) is 7.85. The van der Waals surface area contributed by atoms with E-state index in [9.17, 15) is 14.4 Å². The number of pyridine rings is 1. The molecular formula is C23H26N4O4S2. The molecule has 0 saturated carbocycles. The van der Waals surface area contributed by atoms with Crippen LogP contribution in [0.3, 0.4) is 0 Å². The first-order chi connectivity index (χ1) is 15.7. The van der Waals surface area contributed by atoms with Gasteiger partial charge in [-0.15, -0.1) is 0 Å². The van der Waals surface area contributed by atoms with Gasteiger partial charge >= 0.3 is 5.97 Å². The van der Waals surface area contributed by atoms with Gasteiger partial charge in [-0.3, -0.25) is 23.7 Å². The first kappa shape index (κ1) is 23.4. The Kier molecular flexibility index (Phi) is 6.58. The fraction of sp³-hybridized carbons (Fsp3) is 0.435. The van der Waals surface area contributed by atoms with Gasteiger partial charge in [0.2, 0.25) is 0 Å². The summed E-state index contributed by atoms with van der Waals surface area (Å²) in [5.41, 5.74) is 1.58. The van der Waals surface area contributed by atoms with Gasteiger partial charge in [-0.25, -0.2) is 4.98 Å². The number of anilines is 1. The first-order valence-corrected chi connectivity index (χ1v) is 12.1. The van der Waals surface area contributed by atoms with E-state index < -0.39 is 5.97 Å². The minimum absolute atomic E-state index is 0.000497. The molecule has 0 aliphatic carbocycles. The number of thioether (sulfide) groups is 1. The van der Waals surface area contributed by atoms with Crippen molar-refractivity contribution in [2.75, 3.05) is 24.5 Å². The van der Waals surface area contributed by atoms with Gasteiger partial charge in [0.1, 0.15) is 15.8 Å². The van der Waals surface area contributed by atoms with Crippen LogP contribution in [-0.4, -0.2) is 55.2 Å². The van der Waals surface area contributed by atoms with Gasteiger partial charge in [0, 0.05) is 25.8 Å². The van der Waals surface area contributed by atoms with Crippen molar-refractivity contribution < 1.29 is 14.7 Å². The van der Waals surface area contributed by atoms with Crippen LogP contribution in [0.25, 0.3) is 11.7 Å². The molecule has 8 nitrogen and oxygen atoms in total. The highest BCUT2D eigenvalue weighted by molar-refractivity contribution is 8.26. The van der Waals surface area contributed by atoms with E-state index >= 15 is 0 Å². The molecule has 10 heteroatoms. The van der Waals surface area contributed by atoms with Crippen molar-refractivity contribution in [1.82, 2.24) is 14.3 Å². The lowest BCUT2D eigenvalue weighted by atomic mass is 9.91. The van der Waals surface area contributed by atoms with Crippen LogP contribution in [0.2, 0.25) is 0 Å². The second-order valence-electron chi connectivity index (χ2n) is 8.87. The van der Waals surface area contributed by atoms with Gasteiger partial charge in [0.05, 0.1) is 16.9 Å². The molecule has 4 rings (SSSR count). The lowest BCUT2D eigenvalue weighted by Crippen LogP contribution is -2.40. The maximum atomic E-state index is 13.6. The maximum absolute atomic E-state index is 13.6. The molecule has 2 aliphatic heterocycles. The molecule has 0 bridgehead atoms. The van der Waals surface area contributed by atoms with Crippen LogP contribution in [-0.2, 0) is 9.59 Å². The number of carboxylic acid groups (broad SMARTS) is 1. The molecule has 33 heavy (non-hydrogen) atoms. The Hall–Kier alpha value is -2.72. The summed E-state index contributed by atoms with van der Waals surface area (Å²) in [7, 11) is 0. The van der Waals surface area contributed by atoms with Crippen molar-refractivity contribution in [2.24, 2.45) is 11.8 Å². The molecule has 174 valence electrons. The largest absolute Gasteiger partial charge is 0.481 e. The summed E-state index contributed by atoms with van der Waals surface area (Å²) in [6.07, 6.45) is 4.16. The SMILES string of the molecule is Cc1cccn2c(=O)c(/C=C3/SC(=S)N(CCC(=O)O)C3=O)c(N3CC(C)CC(C)C3)nc12. The number of fused-ring (bicyclic) bond motifs is 1. The number of aryl methyl sites for hydroxylation is 1. The van der Waals surface area contributed by atoms with E-state index in [0.717, 1.165) is 36.8 Å². The third-order valence-corrected chi connectivity index (χ3v) is 7.31. The normalized spacial score (nSPS) is 22.6. The van der Waals surface area contributed by atoms with E-state index in [1.165, 1.54) is 9.30 Å². The number of piperidine rings is 1. The number of carbonyl (C=O) groups excluding carboxylic acids is 1. The predicted octanol–water partition coefficient (Wildman–Crippen LogP) is 3.16. The van der Waals surface area contributed by atoms with Crippen LogP contribution in [0.15, 0.2) is 28.0 Å². The highest BCUT2D eigenvalue weighted by Gasteiger charge is 2.33. The average Bonchev–Trinajstić information content (AvgIpc) is 3.00. The van der Waals surface area contributed by atoms with E-state index in [0.29, 0.717) is 38.1 Å². The second-order valence-corrected chi connectivity index (χ2v) is 10.5. The molecular weight excluding hydrogens is 460 g/mol. The lowest BCUT2D eigenvalue weighted by Gasteiger charge is -2.36. The zero-order valence-corrected chi connectivity index (χ0v) is 20.4. The quantitative estimate of drug-likeness (QED) is 0.509. The molecule has 4 heterocycles. The van der Waals surface area contributed by atoms with Gasteiger partial charge in [0.25, 0.3) is 11.5 Å². The summed E-state index contributed by atoms with van der Waals surface area (Å²) < 4.78 is 1.80. The lowest BCUT2D eigenvalue weighted by molar-refractivity contribution is -0.137. The van der Waals surface area contributed by atoms with Gasteiger partial charge in [-0.05, 0) is 42.9 Å². The van der Waals surface area contributed by atoms with Crippen molar-refractivity contribution in [1.29, 1.82) is 0 Å². The molecule has 2 fully saturated rings. The summed E-state index contributed by atoms with van der Waals surface area (Å²) in [4.78, 5) is 46.1. The van der Waals surface area contributed by atoms with Gasteiger partial charge in [-0.2, -0.15) is 0 Å². The zero-order valence-electron chi connectivity index (χ0n) is 18.8. The van der Waals surface area contributed by atoms with Crippen LogP contribution < -0.4 is 10.5 Å².